The summed E-state index contributed by atoms with van der Waals surface area (Å²) in [4.78, 5) is 16.1. The standard InChI is InChI=1S/C18H8F4N2O2S2/c19-13-2-1-8(4-12(13)18(20,21)22)11-7-23-6-9-3-10(26-15(9)11)5-14-16(25)24-17(27)28-14/h1-7H,(H,24,25,27). The van der Waals surface area contributed by atoms with E-state index in [1.54, 1.807) is 6.07 Å². The van der Waals surface area contributed by atoms with Gasteiger partial charge in [0.2, 0.25) is 0 Å². The molecule has 1 saturated heterocycles. The van der Waals surface area contributed by atoms with Gasteiger partial charge >= 0.3 is 6.18 Å². The lowest BCUT2D eigenvalue weighted by atomic mass is 10.0. The van der Waals surface area contributed by atoms with Crippen LogP contribution in [0.25, 0.3) is 28.2 Å². The monoisotopic (exact) mass is 424 g/mol. The number of nitrogens with zero attached hydrogens (tertiary/aromatic N) is 1. The molecule has 28 heavy (non-hydrogen) atoms. The van der Waals surface area contributed by atoms with Crippen molar-refractivity contribution in [1.29, 1.82) is 0 Å². The summed E-state index contributed by atoms with van der Waals surface area (Å²) in [6, 6.07) is 4.29. The molecule has 142 valence electrons. The first-order valence-electron chi connectivity index (χ1n) is 7.72. The predicted molar refractivity (Wildman–Crippen MR) is 101 cm³/mol. The minimum atomic E-state index is -4.83. The van der Waals surface area contributed by atoms with Crippen LogP contribution >= 0.6 is 24.0 Å². The Hall–Kier alpha value is -2.72. The molecule has 3 heterocycles. The second-order valence-electron chi connectivity index (χ2n) is 5.80. The van der Waals surface area contributed by atoms with Gasteiger partial charge in [-0.2, -0.15) is 13.2 Å². The summed E-state index contributed by atoms with van der Waals surface area (Å²) in [5, 5.41) is 3.00. The molecule has 1 aliphatic heterocycles. The van der Waals surface area contributed by atoms with Crippen molar-refractivity contribution < 1.29 is 26.8 Å². The maximum absolute atomic E-state index is 13.6. The van der Waals surface area contributed by atoms with Gasteiger partial charge in [-0.25, -0.2) is 4.39 Å². The van der Waals surface area contributed by atoms with E-state index in [1.165, 1.54) is 24.5 Å². The van der Waals surface area contributed by atoms with E-state index in [2.05, 4.69) is 10.3 Å². The van der Waals surface area contributed by atoms with E-state index in [1.807, 2.05) is 0 Å². The lowest BCUT2D eigenvalue weighted by molar-refractivity contribution is -0.140. The SMILES string of the molecule is O=C1NC(=S)SC1=Cc1cc2cncc(-c3ccc(F)c(C(F)(F)F)c3)c2o1. The van der Waals surface area contributed by atoms with E-state index in [0.717, 1.165) is 17.8 Å². The molecule has 1 amide bonds. The number of rotatable bonds is 2. The summed E-state index contributed by atoms with van der Waals surface area (Å²) in [6.07, 6.45) is -0.534. The molecule has 0 atom stereocenters. The highest BCUT2D eigenvalue weighted by atomic mass is 32.2. The van der Waals surface area contributed by atoms with Gasteiger partial charge in [-0.3, -0.25) is 9.78 Å². The molecule has 1 aliphatic rings. The van der Waals surface area contributed by atoms with Crippen LogP contribution < -0.4 is 5.32 Å². The van der Waals surface area contributed by atoms with E-state index >= 15 is 0 Å². The number of carbonyl (C=O) groups excluding carboxylic acids is 1. The maximum Gasteiger partial charge on any atom is 0.419 e. The Morgan fingerprint density at radius 1 is 1.21 bits per heavy atom. The molecular weight excluding hydrogens is 416 g/mol. The number of amides is 1. The van der Waals surface area contributed by atoms with Gasteiger partial charge in [0.05, 0.1) is 10.5 Å². The molecule has 4 nitrogen and oxygen atoms in total. The van der Waals surface area contributed by atoms with Crippen LogP contribution in [0.4, 0.5) is 17.6 Å². The quantitative estimate of drug-likeness (QED) is 0.351. The first-order valence-corrected chi connectivity index (χ1v) is 8.94. The Labute approximate surface area is 164 Å². The van der Waals surface area contributed by atoms with Crippen LogP contribution in [0, 0.1) is 5.82 Å². The molecule has 0 unspecified atom stereocenters. The summed E-state index contributed by atoms with van der Waals surface area (Å²) >= 11 is 5.99. The van der Waals surface area contributed by atoms with E-state index in [4.69, 9.17) is 16.6 Å². The van der Waals surface area contributed by atoms with Crippen LogP contribution in [0.1, 0.15) is 11.3 Å². The number of hydrogen-bond donors (Lipinski definition) is 1. The molecule has 10 heteroatoms. The highest BCUT2D eigenvalue weighted by molar-refractivity contribution is 8.26. The average molecular weight is 424 g/mol. The zero-order chi connectivity index (χ0) is 20.1. The van der Waals surface area contributed by atoms with Gasteiger partial charge in [-0.1, -0.05) is 30.0 Å². The summed E-state index contributed by atoms with van der Waals surface area (Å²) in [5.74, 6) is -1.41. The number of furan rings is 1. The topological polar surface area (TPSA) is 55.1 Å². The van der Waals surface area contributed by atoms with Crippen molar-refractivity contribution in [2.24, 2.45) is 0 Å². The van der Waals surface area contributed by atoms with Crippen molar-refractivity contribution in [3.8, 4) is 11.1 Å². The van der Waals surface area contributed by atoms with Crippen molar-refractivity contribution >= 4 is 51.3 Å². The minimum Gasteiger partial charge on any atom is -0.456 e. The molecule has 2 aromatic heterocycles. The maximum atomic E-state index is 13.6. The number of aromatic nitrogens is 1. The summed E-state index contributed by atoms with van der Waals surface area (Å²) < 4.78 is 58.7. The fraction of sp³-hybridized carbons (Fsp3) is 0.0556. The molecule has 0 spiro atoms. The first-order chi connectivity index (χ1) is 13.2. The third-order valence-corrected chi connectivity index (χ3v) is 5.10. The second kappa shape index (κ2) is 6.71. The molecule has 0 radical (unpaired) electrons. The van der Waals surface area contributed by atoms with Crippen molar-refractivity contribution in [2.45, 2.75) is 6.18 Å². The van der Waals surface area contributed by atoms with Gasteiger partial charge in [0.15, 0.2) is 0 Å². The van der Waals surface area contributed by atoms with E-state index in [0.29, 0.717) is 26.4 Å². The molecule has 0 bridgehead atoms. The smallest absolute Gasteiger partial charge is 0.419 e. The Balaban J connectivity index is 1.82. The average Bonchev–Trinajstić information content (AvgIpc) is 3.16. The number of hydrogen-bond acceptors (Lipinski definition) is 5. The van der Waals surface area contributed by atoms with Crippen LogP contribution in [0.3, 0.4) is 0 Å². The number of halogens is 4. The van der Waals surface area contributed by atoms with E-state index < -0.39 is 17.6 Å². The molecule has 1 N–H and O–H groups in total. The van der Waals surface area contributed by atoms with Gasteiger partial charge in [-0.15, -0.1) is 0 Å². The van der Waals surface area contributed by atoms with Gasteiger partial charge < -0.3 is 9.73 Å². The highest BCUT2D eigenvalue weighted by Gasteiger charge is 2.34. The van der Waals surface area contributed by atoms with Crippen molar-refractivity contribution in [1.82, 2.24) is 10.3 Å². The predicted octanol–water partition coefficient (Wildman–Crippen LogP) is 5.14. The largest absolute Gasteiger partial charge is 0.456 e. The van der Waals surface area contributed by atoms with E-state index in [-0.39, 0.29) is 22.6 Å². The van der Waals surface area contributed by atoms with Crippen LogP contribution in [-0.4, -0.2) is 15.2 Å². The summed E-state index contributed by atoms with van der Waals surface area (Å²) in [7, 11) is 0. The zero-order valence-corrected chi connectivity index (χ0v) is 15.3. The van der Waals surface area contributed by atoms with Gasteiger partial charge in [0.1, 0.15) is 21.5 Å². The Bertz CT molecular complexity index is 1170. The number of carbonyl (C=O) groups is 1. The van der Waals surface area contributed by atoms with Crippen LogP contribution in [0.5, 0.6) is 0 Å². The lowest BCUT2D eigenvalue weighted by Crippen LogP contribution is -2.17. The van der Waals surface area contributed by atoms with Crippen LogP contribution in [-0.2, 0) is 11.0 Å². The normalized spacial score (nSPS) is 16.2. The Morgan fingerprint density at radius 2 is 2.00 bits per heavy atom. The summed E-state index contributed by atoms with van der Waals surface area (Å²) in [6.45, 7) is 0. The third kappa shape index (κ3) is 3.40. The number of fused-ring (bicyclic) bond motifs is 1. The number of thiocarbonyl (C=S) groups is 1. The first kappa shape index (κ1) is 18.6. The van der Waals surface area contributed by atoms with Gasteiger partial charge in [0, 0.05) is 29.4 Å². The number of benzene rings is 1. The van der Waals surface area contributed by atoms with Crippen LogP contribution in [0.15, 0.2) is 46.0 Å². The van der Waals surface area contributed by atoms with Crippen molar-refractivity contribution in [3.63, 3.8) is 0 Å². The Morgan fingerprint density at radius 3 is 2.68 bits per heavy atom. The fourth-order valence-corrected chi connectivity index (χ4v) is 3.74. The van der Waals surface area contributed by atoms with Crippen molar-refractivity contribution in [3.05, 3.63) is 58.7 Å². The minimum absolute atomic E-state index is 0.106. The molecule has 0 aliphatic carbocycles. The van der Waals surface area contributed by atoms with Gasteiger partial charge in [0.25, 0.3) is 5.91 Å². The highest BCUT2D eigenvalue weighted by Crippen LogP contribution is 2.37. The Kier molecular flexibility index (Phi) is 4.47. The van der Waals surface area contributed by atoms with Crippen LogP contribution in [0.2, 0.25) is 0 Å². The molecular formula is C18H8F4N2O2S2. The molecule has 1 aromatic carbocycles. The van der Waals surface area contributed by atoms with Crippen molar-refractivity contribution in [2.75, 3.05) is 0 Å². The third-order valence-electron chi connectivity index (χ3n) is 3.94. The lowest BCUT2D eigenvalue weighted by Gasteiger charge is -2.10. The molecule has 0 saturated carbocycles. The molecule has 4 rings (SSSR count). The zero-order valence-electron chi connectivity index (χ0n) is 13.6. The number of pyridine rings is 1. The van der Waals surface area contributed by atoms with Gasteiger partial charge in [-0.05, 0) is 23.8 Å². The fourth-order valence-electron chi connectivity index (χ4n) is 2.72. The number of thioether (sulfide) groups is 1. The molecule has 1 fully saturated rings. The second-order valence-corrected chi connectivity index (χ2v) is 7.52. The molecule has 3 aromatic rings. The summed E-state index contributed by atoms with van der Waals surface area (Å²) in [5.41, 5.74) is -0.725. The van der Waals surface area contributed by atoms with E-state index in [9.17, 15) is 22.4 Å². The number of alkyl halides is 3. The number of nitrogens with one attached hydrogen (secondary N) is 1.